The van der Waals surface area contributed by atoms with Gasteiger partial charge in [-0.3, -0.25) is 4.79 Å². The van der Waals surface area contributed by atoms with Gasteiger partial charge in [0.2, 0.25) is 0 Å². The maximum absolute atomic E-state index is 12.0. The molecule has 1 saturated carbocycles. The van der Waals surface area contributed by atoms with Crippen molar-refractivity contribution in [3.8, 4) is 0 Å². The molecule has 0 aromatic carbocycles. The molecule has 1 rings (SSSR count). The van der Waals surface area contributed by atoms with Crippen molar-refractivity contribution >= 4 is 12.0 Å². The number of urea groups is 1. The quantitative estimate of drug-likeness (QED) is 0.770. The van der Waals surface area contributed by atoms with E-state index < -0.39 is 11.9 Å². The summed E-state index contributed by atoms with van der Waals surface area (Å²) in [7, 11) is 1.66. The number of nitrogens with zero attached hydrogens (tertiary/aromatic N) is 2. The summed E-state index contributed by atoms with van der Waals surface area (Å²) < 4.78 is 0. The third kappa shape index (κ3) is 3.12. The molecule has 0 heterocycles. The second-order valence-corrected chi connectivity index (χ2v) is 4.42. The van der Waals surface area contributed by atoms with E-state index in [4.69, 9.17) is 5.11 Å². The topological polar surface area (TPSA) is 60.9 Å². The monoisotopic (exact) mass is 228 g/mol. The van der Waals surface area contributed by atoms with Crippen molar-refractivity contribution in [2.24, 2.45) is 5.92 Å². The van der Waals surface area contributed by atoms with E-state index in [1.807, 2.05) is 11.8 Å². The molecule has 1 aliphatic rings. The molecule has 1 aliphatic carbocycles. The van der Waals surface area contributed by atoms with E-state index in [0.717, 1.165) is 12.8 Å². The van der Waals surface area contributed by atoms with Gasteiger partial charge in [0.25, 0.3) is 0 Å². The number of aliphatic carboxylic acids is 1. The Balaban J connectivity index is 2.48. The SMILES string of the molecule is CCN(C(=O)N(C)CC(C)C(=O)O)C1CC1. The minimum absolute atomic E-state index is 0.0573. The molecule has 1 atom stereocenters. The van der Waals surface area contributed by atoms with E-state index in [1.165, 1.54) is 4.90 Å². The molecule has 0 spiro atoms. The summed E-state index contributed by atoms with van der Waals surface area (Å²) in [6, 6.07) is 0.318. The summed E-state index contributed by atoms with van der Waals surface area (Å²) in [5.41, 5.74) is 0. The van der Waals surface area contributed by atoms with Gasteiger partial charge in [-0.1, -0.05) is 6.92 Å². The molecule has 1 N–H and O–H groups in total. The molecule has 0 aromatic rings. The second-order valence-electron chi connectivity index (χ2n) is 4.42. The summed E-state index contributed by atoms with van der Waals surface area (Å²) >= 11 is 0. The van der Waals surface area contributed by atoms with Gasteiger partial charge in [-0.05, 0) is 19.8 Å². The molecule has 92 valence electrons. The van der Waals surface area contributed by atoms with Crippen LogP contribution in [0.25, 0.3) is 0 Å². The van der Waals surface area contributed by atoms with E-state index in [0.29, 0.717) is 12.6 Å². The number of carboxylic acid groups (broad SMARTS) is 1. The Hall–Kier alpha value is -1.26. The fourth-order valence-corrected chi connectivity index (χ4v) is 1.72. The molecular weight excluding hydrogens is 208 g/mol. The van der Waals surface area contributed by atoms with Crippen LogP contribution in [-0.2, 0) is 4.79 Å². The lowest BCUT2D eigenvalue weighted by Gasteiger charge is -2.28. The van der Waals surface area contributed by atoms with Crippen LogP contribution in [0.2, 0.25) is 0 Å². The fraction of sp³-hybridized carbons (Fsp3) is 0.818. The van der Waals surface area contributed by atoms with E-state index >= 15 is 0 Å². The molecule has 0 saturated heterocycles. The maximum Gasteiger partial charge on any atom is 0.320 e. The predicted molar refractivity (Wildman–Crippen MR) is 60.2 cm³/mol. The highest BCUT2D eigenvalue weighted by Crippen LogP contribution is 2.27. The highest BCUT2D eigenvalue weighted by molar-refractivity contribution is 5.76. The first kappa shape index (κ1) is 12.8. The molecule has 5 nitrogen and oxygen atoms in total. The average molecular weight is 228 g/mol. The van der Waals surface area contributed by atoms with Crippen LogP contribution < -0.4 is 0 Å². The number of rotatable bonds is 5. The van der Waals surface area contributed by atoms with Crippen molar-refractivity contribution in [3.05, 3.63) is 0 Å². The van der Waals surface area contributed by atoms with Gasteiger partial charge in [-0.15, -0.1) is 0 Å². The van der Waals surface area contributed by atoms with Crippen LogP contribution >= 0.6 is 0 Å². The molecule has 1 fully saturated rings. The third-order valence-electron chi connectivity index (χ3n) is 2.87. The van der Waals surface area contributed by atoms with Crippen molar-refractivity contribution in [2.75, 3.05) is 20.1 Å². The van der Waals surface area contributed by atoms with Crippen LogP contribution in [0.4, 0.5) is 4.79 Å². The van der Waals surface area contributed by atoms with Crippen LogP contribution in [0.5, 0.6) is 0 Å². The molecule has 2 amide bonds. The predicted octanol–water partition coefficient (Wildman–Crippen LogP) is 1.24. The van der Waals surface area contributed by atoms with Crippen LogP contribution in [0.1, 0.15) is 26.7 Å². The lowest BCUT2D eigenvalue weighted by molar-refractivity contribution is -0.141. The minimum Gasteiger partial charge on any atom is -0.481 e. The van der Waals surface area contributed by atoms with Gasteiger partial charge in [0.05, 0.1) is 5.92 Å². The van der Waals surface area contributed by atoms with Crippen LogP contribution in [0, 0.1) is 5.92 Å². The Morgan fingerprint density at radius 3 is 2.38 bits per heavy atom. The number of amides is 2. The average Bonchev–Trinajstić information content (AvgIpc) is 3.02. The zero-order valence-electron chi connectivity index (χ0n) is 10.1. The molecule has 0 radical (unpaired) electrons. The Labute approximate surface area is 96.0 Å². The van der Waals surface area contributed by atoms with E-state index in [2.05, 4.69) is 0 Å². The summed E-state index contributed by atoms with van der Waals surface area (Å²) in [6.07, 6.45) is 2.14. The number of hydrogen-bond acceptors (Lipinski definition) is 2. The van der Waals surface area contributed by atoms with Gasteiger partial charge in [0.1, 0.15) is 0 Å². The Morgan fingerprint density at radius 1 is 1.44 bits per heavy atom. The third-order valence-corrected chi connectivity index (χ3v) is 2.87. The molecule has 16 heavy (non-hydrogen) atoms. The highest BCUT2D eigenvalue weighted by atomic mass is 16.4. The first-order valence-electron chi connectivity index (χ1n) is 5.71. The lowest BCUT2D eigenvalue weighted by Crippen LogP contribution is -2.44. The van der Waals surface area contributed by atoms with Gasteiger partial charge < -0.3 is 14.9 Å². The fourth-order valence-electron chi connectivity index (χ4n) is 1.72. The van der Waals surface area contributed by atoms with Gasteiger partial charge >= 0.3 is 12.0 Å². The molecule has 0 aromatic heterocycles. The van der Waals surface area contributed by atoms with Gasteiger partial charge in [0.15, 0.2) is 0 Å². The smallest absolute Gasteiger partial charge is 0.320 e. The largest absolute Gasteiger partial charge is 0.481 e. The summed E-state index contributed by atoms with van der Waals surface area (Å²) in [5, 5.41) is 8.78. The molecular formula is C11H20N2O3. The van der Waals surface area contributed by atoms with Gasteiger partial charge in [0, 0.05) is 26.2 Å². The minimum atomic E-state index is -0.867. The Kier molecular flexibility index (Phi) is 4.15. The maximum atomic E-state index is 12.0. The highest BCUT2D eigenvalue weighted by Gasteiger charge is 2.33. The zero-order chi connectivity index (χ0) is 12.3. The van der Waals surface area contributed by atoms with Crippen LogP contribution in [-0.4, -0.2) is 53.1 Å². The van der Waals surface area contributed by atoms with Gasteiger partial charge in [-0.2, -0.15) is 0 Å². The first-order chi connectivity index (χ1) is 7.47. The van der Waals surface area contributed by atoms with Crippen LogP contribution in [0.15, 0.2) is 0 Å². The molecule has 0 aliphatic heterocycles. The second kappa shape index (κ2) is 5.18. The number of carboxylic acids is 1. The van der Waals surface area contributed by atoms with Gasteiger partial charge in [-0.25, -0.2) is 4.79 Å². The number of carbonyl (C=O) groups is 2. The van der Waals surface area contributed by atoms with Crippen molar-refractivity contribution in [1.29, 1.82) is 0 Å². The van der Waals surface area contributed by atoms with Crippen molar-refractivity contribution < 1.29 is 14.7 Å². The first-order valence-corrected chi connectivity index (χ1v) is 5.71. The van der Waals surface area contributed by atoms with E-state index in [9.17, 15) is 9.59 Å². The summed E-state index contributed by atoms with van der Waals surface area (Å²) in [4.78, 5) is 26.0. The standard InChI is InChI=1S/C11H20N2O3/c1-4-13(9-5-6-9)11(16)12(3)7-8(2)10(14)15/h8-9H,4-7H2,1-3H3,(H,14,15). The van der Waals surface area contributed by atoms with Crippen LogP contribution in [0.3, 0.4) is 0 Å². The number of hydrogen-bond donors (Lipinski definition) is 1. The van der Waals surface area contributed by atoms with Crippen molar-refractivity contribution in [2.45, 2.75) is 32.7 Å². The van der Waals surface area contributed by atoms with E-state index in [-0.39, 0.29) is 12.6 Å². The molecule has 0 bridgehead atoms. The summed E-state index contributed by atoms with van der Waals surface area (Å²) in [5.74, 6) is -1.39. The van der Waals surface area contributed by atoms with E-state index in [1.54, 1.807) is 14.0 Å². The lowest BCUT2D eigenvalue weighted by atomic mass is 10.2. The normalized spacial score (nSPS) is 16.7. The van der Waals surface area contributed by atoms with Crippen molar-refractivity contribution in [3.63, 3.8) is 0 Å². The Morgan fingerprint density at radius 2 is 2.00 bits per heavy atom. The van der Waals surface area contributed by atoms with Crippen molar-refractivity contribution in [1.82, 2.24) is 9.80 Å². The molecule has 1 unspecified atom stereocenters. The Bertz CT molecular complexity index is 276. The summed E-state index contributed by atoms with van der Waals surface area (Å²) in [6.45, 7) is 4.51. The number of carbonyl (C=O) groups excluding carboxylic acids is 1. The zero-order valence-corrected chi connectivity index (χ0v) is 10.1. The molecule has 5 heteroatoms.